The molecule has 0 saturated heterocycles. The minimum atomic E-state index is 0.0532. The molecule has 0 atom stereocenters. The van der Waals surface area contributed by atoms with E-state index in [0.717, 1.165) is 0 Å². The van der Waals surface area contributed by atoms with Crippen LogP contribution in [0.5, 0.6) is 0 Å². The van der Waals surface area contributed by atoms with Gasteiger partial charge in [0, 0.05) is 0 Å². The van der Waals surface area contributed by atoms with Crippen molar-refractivity contribution in [2.75, 3.05) is 0 Å². The SMILES string of the molecule is Cc1cc(C)cc(-c2cc3c4ccc5c(cc6c7ccc(C(C)(C)C)cc7c7cc(-c8cc(C)cc(C)c8)cc5c76)c4cc4c5ccc(C(C)(C)C)cc5c(c2)c34)c1. The summed E-state index contributed by atoms with van der Waals surface area (Å²) in [5.74, 6) is 0. The molecule has 282 valence electrons. The molecule has 11 aromatic rings. The van der Waals surface area contributed by atoms with Gasteiger partial charge in [-0.25, -0.2) is 0 Å². The van der Waals surface area contributed by atoms with E-state index in [1.165, 1.54) is 142 Å². The Balaban J connectivity index is 1.32. The van der Waals surface area contributed by atoms with E-state index in [1.807, 2.05) is 0 Å². The minimum absolute atomic E-state index is 0.0532. The van der Waals surface area contributed by atoms with Gasteiger partial charge >= 0.3 is 0 Å². The smallest absolute Gasteiger partial charge is 0.00195 e. The van der Waals surface area contributed by atoms with Crippen LogP contribution < -0.4 is 0 Å². The van der Waals surface area contributed by atoms with Gasteiger partial charge in [0.1, 0.15) is 0 Å². The van der Waals surface area contributed by atoms with E-state index in [-0.39, 0.29) is 10.8 Å². The second kappa shape index (κ2) is 11.8. The zero-order chi connectivity index (χ0) is 40.2. The molecule has 0 nitrogen and oxygen atoms in total. The predicted octanol–water partition coefficient (Wildman–Crippen LogP) is 17.0. The van der Waals surface area contributed by atoms with Crippen LogP contribution >= 0.6 is 0 Å². The average molecular weight is 747 g/mol. The molecule has 0 radical (unpaired) electrons. The maximum atomic E-state index is 2.54. The van der Waals surface area contributed by atoms with Gasteiger partial charge in [-0.1, -0.05) is 137 Å². The third-order valence-electron chi connectivity index (χ3n) is 13.3. The summed E-state index contributed by atoms with van der Waals surface area (Å²) in [6, 6.07) is 48.3. The van der Waals surface area contributed by atoms with E-state index in [2.05, 4.69) is 191 Å². The van der Waals surface area contributed by atoms with Crippen molar-refractivity contribution in [1.82, 2.24) is 0 Å². The van der Waals surface area contributed by atoms with Gasteiger partial charge in [-0.2, -0.15) is 0 Å². The Kier molecular flexibility index (Phi) is 7.16. The molecule has 0 saturated carbocycles. The van der Waals surface area contributed by atoms with Gasteiger partial charge in [0.15, 0.2) is 0 Å². The van der Waals surface area contributed by atoms with Crippen molar-refractivity contribution in [3.8, 4) is 22.3 Å². The standard InChI is InChI=1S/C58H50/c1-31-17-32(2)20-35(19-31)37-23-49-43-15-16-44-48(47(43)29-53-41-13-11-39(57(5,6)7)27-45(41)51(25-37)55(49)53)30-54-42-14-12-40(58(8,9)10)28-46(42)52-26-38(24-50(44)56(52)54)36-21-33(3)18-34(4)22-36/h11-30H,1-10H3. The Hall–Kier alpha value is -5.98. The molecule has 0 bridgehead atoms. The van der Waals surface area contributed by atoms with Gasteiger partial charge in [0.05, 0.1) is 0 Å². The van der Waals surface area contributed by atoms with Crippen molar-refractivity contribution < 1.29 is 0 Å². The Bertz CT molecular complexity index is 3260. The molecular weight excluding hydrogens is 697 g/mol. The maximum absolute atomic E-state index is 2.54. The van der Waals surface area contributed by atoms with E-state index in [9.17, 15) is 0 Å². The highest BCUT2D eigenvalue weighted by atomic mass is 14.3. The van der Waals surface area contributed by atoms with Crippen LogP contribution in [0.25, 0.3) is 108 Å². The molecule has 0 heterocycles. The summed E-state index contributed by atoms with van der Waals surface area (Å²) in [6.07, 6.45) is 0. The highest BCUT2D eigenvalue weighted by Gasteiger charge is 2.23. The zero-order valence-electron chi connectivity index (χ0n) is 35.5. The van der Waals surface area contributed by atoms with Crippen molar-refractivity contribution in [1.29, 1.82) is 0 Å². The van der Waals surface area contributed by atoms with Crippen molar-refractivity contribution >= 4 is 86.2 Å². The van der Waals surface area contributed by atoms with Crippen LogP contribution in [0, 0.1) is 27.7 Å². The van der Waals surface area contributed by atoms with Crippen molar-refractivity contribution in [3.05, 3.63) is 155 Å². The van der Waals surface area contributed by atoms with Gasteiger partial charge in [-0.15, -0.1) is 0 Å². The van der Waals surface area contributed by atoms with Gasteiger partial charge < -0.3 is 0 Å². The molecule has 0 unspecified atom stereocenters. The lowest BCUT2D eigenvalue weighted by molar-refractivity contribution is 0.591. The van der Waals surface area contributed by atoms with Crippen LogP contribution in [0.2, 0.25) is 0 Å². The highest BCUT2D eigenvalue weighted by molar-refractivity contribution is 6.40. The first-order chi connectivity index (χ1) is 27.6. The Morgan fingerprint density at radius 3 is 0.828 bits per heavy atom. The topological polar surface area (TPSA) is 0 Å². The molecule has 0 aromatic heterocycles. The van der Waals surface area contributed by atoms with Crippen LogP contribution in [0.3, 0.4) is 0 Å². The number of hydrogen-bond donors (Lipinski definition) is 0. The van der Waals surface area contributed by atoms with Crippen LogP contribution in [0.15, 0.2) is 121 Å². The average Bonchev–Trinajstić information content (AvgIpc) is 3.65. The van der Waals surface area contributed by atoms with Crippen molar-refractivity contribution in [2.24, 2.45) is 0 Å². The molecule has 0 aliphatic rings. The van der Waals surface area contributed by atoms with Gasteiger partial charge in [-0.3, -0.25) is 0 Å². The summed E-state index contributed by atoms with van der Waals surface area (Å²) in [5, 5.41) is 21.5. The summed E-state index contributed by atoms with van der Waals surface area (Å²) in [6.45, 7) is 22.8. The first kappa shape index (κ1) is 35.2. The van der Waals surface area contributed by atoms with E-state index in [1.54, 1.807) is 0 Å². The fourth-order valence-electron chi connectivity index (χ4n) is 10.5. The van der Waals surface area contributed by atoms with E-state index in [4.69, 9.17) is 0 Å². The molecule has 0 aliphatic heterocycles. The van der Waals surface area contributed by atoms with Gasteiger partial charge in [-0.05, 0) is 207 Å². The Morgan fingerprint density at radius 2 is 0.500 bits per heavy atom. The summed E-state index contributed by atoms with van der Waals surface area (Å²) in [5.41, 5.74) is 13.2. The van der Waals surface area contributed by atoms with Crippen molar-refractivity contribution in [2.45, 2.75) is 80.1 Å². The fraction of sp³-hybridized carbons (Fsp3) is 0.207. The summed E-state index contributed by atoms with van der Waals surface area (Å²) in [4.78, 5) is 0. The van der Waals surface area contributed by atoms with Crippen molar-refractivity contribution in [3.63, 3.8) is 0 Å². The van der Waals surface area contributed by atoms with Crippen LogP contribution in [0.1, 0.15) is 74.9 Å². The molecule has 11 aromatic carbocycles. The van der Waals surface area contributed by atoms with Gasteiger partial charge in [0.25, 0.3) is 0 Å². The monoisotopic (exact) mass is 746 g/mol. The molecular formula is C58H50. The highest BCUT2D eigenvalue weighted by Crippen LogP contribution is 2.50. The first-order valence-electron chi connectivity index (χ1n) is 21.1. The zero-order valence-corrected chi connectivity index (χ0v) is 35.5. The third-order valence-corrected chi connectivity index (χ3v) is 13.3. The summed E-state index contributed by atoms with van der Waals surface area (Å²) < 4.78 is 0. The lowest BCUT2D eigenvalue weighted by atomic mass is 9.86. The van der Waals surface area contributed by atoms with E-state index >= 15 is 0 Å². The van der Waals surface area contributed by atoms with Gasteiger partial charge in [0.2, 0.25) is 0 Å². The van der Waals surface area contributed by atoms with E-state index < -0.39 is 0 Å². The van der Waals surface area contributed by atoms with Crippen LogP contribution in [0.4, 0.5) is 0 Å². The number of hydrogen-bond acceptors (Lipinski definition) is 0. The molecule has 0 amide bonds. The summed E-state index contributed by atoms with van der Waals surface area (Å²) in [7, 11) is 0. The van der Waals surface area contributed by atoms with Crippen LogP contribution in [-0.4, -0.2) is 0 Å². The molecule has 0 N–H and O–H groups in total. The normalized spacial score (nSPS) is 13.0. The van der Waals surface area contributed by atoms with Crippen LogP contribution in [-0.2, 0) is 10.8 Å². The number of fused-ring (bicyclic) bond motifs is 11. The Morgan fingerprint density at radius 1 is 0.241 bits per heavy atom. The summed E-state index contributed by atoms with van der Waals surface area (Å²) >= 11 is 0. The number of aryl methyl sites for hydroxylation is 4. The van der Waals surface area contributed by atoms with E-state index in [0.29, 0.717) is 0 Å². The first-order valence-corrected chi connectivity index (χ1v) is 21.1. The lowest BCUT2D eigenvalue weighted by Crippen LogP contribution is -2.10. The molecule has 0 fully saturated rings. The number of rotatable bonds is 2. The quantitative estimate of drug-likeness (QED) is 0.155. The largest absolute Gasteiger partial charge is 0.0578 e. The fourth-order valence-corrected chi connectivity index (χ4v) is 10.5. The molecule has 0 heteroatoms. The Labute approximate surface area is 341 Å². The second-order valence-corrected chi connectivity index (χ2v) is 19.8. The molecule has 58 heavy (non-hydrogen) atoms. The molecule has 0 spiro atoms. The predicted molar refractivity (Wildman–Crippen MR) is 256 cm³/mol. The molecule has 0 aliphatic carbocycles. The lowest BCUT2D eigenvalue weighted by Gasteiger charge is -2.19. The molecule has 11 rings (SSSR count). The number of benzene rings is 9. The second-order valence-electron chi connectivity index (χ2n) is 19.8. The third kappa shape index (κ3) is 5.13. The minimum Gasteiger partial charge on any atom is -0.0578 e. The maximum Gasteiger partial charge on any atom is -0.00195 e.